The van der Waals surface area contributed by atoms with E-state index < -0.39 is 6.09 Å². The molecule has 6 heteroatoms. The molecule has 0 aromatic carbocycles. The number of rotatable bonds is 3. The number of anilines is 1. The number of hydrogen-bond acceptors (Lipinski definition) is 5. The van der Waals surface area contributed by atoms with Gasteiger partial charge in [-0.05, 0) is 6.92 Å². The van der Waals surface area contributed by atoms with Crippen LogP contribution in [0.1, 0.15) is 12.6 Å². The number of hydrogen-bond donors (Lipinski definition) is 1. The van der Waals surface area contributed by atoms with Gasteiger partial charge in [0.05, 0.1) is 18.9 Å². The van der Waals surface area contributed by atoms with E-state index in [0.717, 1.165) is 4.68 Å². The van der Waals surface area contributed by atoms with Crippen LogP contribution in [-0.4, -0.2) is 29.6 Å². The van der Waals surface area contributed by atoms with Crippen molar-refractivity contribution < 1.29 is 14.3 Å². The number of nitrogen functional groups attached to an aromatic ring is 1. The average Bonchev–Trinajstić information content (AvgIpc) is 2.48. The highest BCUT2D eigenvalue weighted by molar-refractivity contribution is 5.73. The Hall–Kier alpha value is -1.56. The topological polar surface area (TPSA) is 79.4 Å². The summed E-state index contributed by atoms with van der Waals surface area (Å²) in [6.45, 7) is 2.32. The van der Waals surface area contributed by atoms with Crippen LogP contribution in [0.2, 0.25) is 0 Å². The van der Waals surface area contributed by atoms with Gasteiger partial charge in [-0.25, -0.2) is 4.79 Å². The van der Waals surface area contributed by atoms with Crippen molar-refractivity contribution in [1.29, 1.82) is 0 Å². The first kappa shape index (κ1) is 10.5. The Bertz CT molecular complexity index is 322. The highest BCUT2D eigenvalue weighted by atomic mass is 16.6. The van der Waals surface area contributed by atoms with E-state index in [1.165, 1.54) is 0 Å². The van der Waals surface area contributed by atoms with Crippen molar-refractivity contribution in [3.8, 4) is 0 Å². The Morgan fingerprint density at radius 3 is 3.00 bits per heavy atom. The highest BCUT2D eigenvalue weighted by Crippen LogP contribution is 2.07. The summed E-state index contributed by atoms with van der Waals surface area (Å²) < 4.78 is 10.6. The number of methoxy groups -OCH3 is 1. The fourth-order valence-electron chi connectivity index (χ4n) is 0.996. The molecular weight excluding hydrogens is 186 g/mol. The summed E-state index contributed by atoms with van der Waals surface area (Å²) in [7, 11) is 1.54. The lowest BCUT2D eigenvalue weighted by atomic mass is 10.4. The van der Waals surface area contributed by atoms with Gasteiger partial charge in [-0.3, -0.25) is 0 Å². The molecule has 0 fully saturated rings. The van der Waals surface area contributed by atoms with E-state index in [-0.39, 0.29) is 12.4 Å². The normalized spacial score (nSPS) is 10.1. The van der Waals surface area contributed by atoms with E-state index in [4.69, 9.17) is 15.2 Å². The zero-order valence-electron chi connectivity index (χ0n) is 8.19. The van der Waals surface area contributed by atoms with Gasteiger partial charge in [0, 0.05) is 13.2 Å². The monoisotopic (exact) mass is 199 g/mol. The summed E-state index contributed by atoms with van der Waals surface area (Å²) in [5.74, 6) is 0.246. The molecule has 2 N–H and O–H groups in total. The predicted octanol–water partition coefficient (Wildman–Crippen LogP) is 0.616. The molecule has 1 heterocycles. The van der Waals surface area contributed by atoms with Crippen molar-refractivity contribution in [1.82, 2.24) is 9.78 Å². The maximum atomic E-state index is 11.2. The number of aromatic nitrogens is 2. The third-order valence-electron chi connectivity index (χ3n) is 1.52. The SMILES string of the molecule is CCOC(=O)n1nc(COC)cc1N. The van der Waals surface area contributed by atoms with E-state index in [2.05, 4.69) is 5.10 Å². The Morgan fingerprint density at radius 2 is 2.43 bits per heavy atom. The average molecular weight is 199 g/mol. The van der Waals surface area contributed by atoms with Crippen LogP contribution in [0.5, 0.6) is 0 Å². The van der Waals surface area contributed by atoms with Gasteiger partial charge in [0.25, 0.3) is 0 Å². The Balaban J connectivity index is 2.81. The molecule has 0 atom stereocenters. The van der Waals surface area contributed by atoms with Gasteiger partial charge in [-0.2, -0.15) is 5.10 Å². The number of ether oxygens (including phenoxy) is 2. The smallest absolute Gasteiger partial charge is 0.436 e. The molecule has 0 radical (unpaired) electrons. The van der Waals surface area contributed by atoms with E-state index in [1.807, 2.05) is 0 Å². The Labute approximate surface area is 81.6 Å². The predicted molar refractivity (Wildman–Crippen MR) is 49.8 cm³/mol. The van der Waals surface area contributed by atoms with E-state index in [1.54, 1.807) is 20.1 Å². The summed E-state index contributed by atoms with van der Waals surface area (Å²) in [4.78, 5) is 11.2. The molecule has 0 unspecified atom stereocenters. The van der Waals surface area contributed by atoms with Crippen molar-refractivity contribution >= 4 is 11.9 Å². The largest absolute Gasteiger partial charge is 0.448 e. The molecule has 0 spiro atoms. The molecule has 0 saturated heterocycles. The molecule has 1 rings (SSSR count). The molecule has 14 heavy (non-hydrogen) atoms. The number of carbonyl (C=O) groups excluding carboxylic acids is 1. The molecule has 0 aliphatic carbocycles. The van der Waals surface area contributed by atoms with Crippen molar-refractivity contribution in [3.05, 3.63) is 11.8 Å². The zero-order valence-corrected chi connectivity index (χ0v) is 8.19. The van der Waals surface area contributed by atoms with Crippen LogP contribution in [0, 0.1) is 0 Å². The van der Waals surface area contributed by atoms with E-state index in [9.17, 15) is 4.79 Å². The minimum atomic E-state index is -0.577. The zero-order chi connectivity index (χ0) is 10.6. The lowest BCUT2D eigenvalue weighted by Gasteiger charge is -2.01. The van der Waals surface area contributed by atoms with Crippen LogP contribution in [0.3, 0.4) is 0 Å². The second-order valence-corrected chi connectivity index (χ2v) is 2.60. The first-order chi connectivity index (χ1) is 6.69. The second-order valence-electron chi connectivity index (χ2n) is 2.60. The first-order valence-corrected chi connectivity index (χ1v) is 4.19. The second kappa shape index (κ2) is 4.61. The van der Waals surface area contributed by atoms with Crippen LogP contribution in [0.15, 0.2) is 6.07 Å². The molecule has 0 aliphatic rings. The van der Waals surface area contributed by atoms with Crippen LogP contribution in [0.4, 0.5) is 10.6 Å². The summed E-state index contributed by atoms with van der Waals surface area (Å²) in [5.41, 5.74) is 6.14. The van der Waals surface area contributed by atoms with Crippen molar-refractivity contribution in [3.63, 3.8) is 0 Å². The number of carbonyl (C=O) groups is 1. The fourth-order valence-corrected chi connectivity index (χ4v) is 0.996. The standard InChI is InChI=1S/C8H13N3O3/c1-3-14-8(12)11-7(9)4-6(10-11)5-13-2/h4H,3,5,9H2,1-2H3. The quantitative estimate of drug-likeness (QED) is 0.771. The van der Waals surface area contributed by atoms with Gasteiger partial charge >= 0.3 is 6.09 Å². The first-order valence-electron chi connectivity index (χ1n) is 4.19. The number of nitrogens with zero attached hydrogens (tertiary/aromatic N) is 2. The summed E-state index contributed by atoms with van der Waals surface area (Å²) in [6.07, 6.45) is -0.577. The van der Waals surface area contributed by atoms with E-state index >= 15 is 0 Å². The van der Waals surface area contributed by atoms with Crippen LogP contribution in [-0.2, 0) is 16.1 Å². The lowest BCUT2D eigenvalue weighted by Crippen LogP contribution is -2.17. The highest BCUT2D eigenvalue weighted by Gasteiger charge is 2.12. The van der Waals surface area contributed by atoms with Gasteiger partial charge in [-0.15, -0.1) is 4.68 Å². The van der Waals surface area contributed by atoms with Crippen molar-refractivity contribution in [2.75, 3.05) is 19.5 Å². The van der Waals surface area contributed by atoms with Gasteiger partial charge in [0.2, 0.25) is 0 Å². The summed E-state index contributed by atoms with van der Waals surface area (Å²) in [5, 5.41) is 3.91. The lowest BCUT2D eigenvalue weighted by molar-refractivity contribution is 0.149. The Kier molecular flexibility index (Phi) is 3.47. The molecule has 1 aromatic rings. The van der Waals surface area contributed by atoms with Gasteiger partial charge in [-0.1, -0.05) is 0 Å². The van der Waals surface area contributed by atoms with Crippen molar-refractivity contribution in [2.24, 2.45) is 0 Å². The summed E-state index contributed by atoms with van der Waals surface area (Å²) >= 11 is 0. The molecule has 1 aromatic heterocycles. The van der Waals surface area contributed by atoms with Gasteiger partial charge in [0.1, 0.15) is 5.82 Å². The number of nitrogens with two attached hydrogens (primary N) is 1. The summed E-state index contributed by atoms with van der Waals surface area (Å²) in [6, 6.07) is 1.57. The fraction of sp³-hybridized carbons (Fsp3) is 0.500. The Morgan fingerprint density at radius 1 is 1.71 bits per heavy atom. The third-order valence-corrected chi connectivity index (χ3v) is 1.52. The van der Waals surface area contributed by atoms with Crippen LogP contribution < -0.4 is 5.73 Å². The minimum Gasteiger partial charge on any atom is -0.448 e. The van der Waals surface area contributed by atoms with Crippen LogP contribution in [0.25, 0.3) is 0 Å². The van der Waals surface area contributed by atoms with Crippen LogP contribution >= 0.6 is 0 Å². The van der Waals surface area contributed by atoms with E-state index in [0.29, 0.717) is 12.3 Å². The molecule has 0 amide bonds. The molecule has 6 nitrogen and oxygen atoms in total. The molecule has 0 saturated carbocycles. The molecular formula is C8H13N3O3. The minimum absolute atomic E-state index is 0.246. The molecule has 78 valence electrons. The maximum Gasteiger partial charge on any atom is 0.436 e. The molecule has 0 bridgehead atoms. The molecule has 0 aliphatic heterocycles. The maximum absolute atomic E-state index is 11.2. The third kappa shape index (κ3) is 2.23. The van der Waals surface area contributed by atoms with Crippen molar-refractivity contribution in [2.45, 2.75) is 13.5 Å². The van der Waals surface area contributed by atoms with Gasteiger partial charge in [0.15, 0.2) is 0 Å². The van der Waals surface area contributed by atoms with Gasteiger partial charge < -0.3 is 15.2 Å².